The van der Waals surface area contributed by atoms with Crippen LogP contribution in [0.15, 0.2) is 34.9 Å². The van der Waals surface area contributed by atoms with Crippen molar-refractivity contribution in [3.8, 4) is 5.75 Å². The Morgan fingerprint density at radius 2 is 2.00 bits per heavy atom. The van der Waals surface area contributed by atoms with Gasteiger partial charge in [-0.25, -0.2) is 8.78 Å². The summed E-state index contributed by atoms with van der Waals surface area (Å²) in [6, 6.07) is 5.85. The molecule has 1 aromatic heterocycles. The molecule has 2 rings (SSSR count). The lowest BCUT2D eigenvalue weighted by atomic mass is 10.2. The van der Waals surface area contributed by atoms with Gasteiger partial charge in [-0.3, -0.25) is 4.98 Å². The lowest BCUT2D eigenvalue weighted by Gasteiger charge is -2.09. The fraction of sp³-hybridized carbons (Fsp3) is 0.154. The third-order valence-electron chi connectivity index (χ3n) is 2.53. The Morgan fingerprint density at radius 1 is 1.21 bits per heavy atom. The molecule has 6 heteroatoms. The molecule has 0 aliphatic carbocycles. The van der Waals surface area contributed by atoms with E-state index >= 15 is 0 Å². The van der Waals surface area contributed by atoms with Crippen LogP contribution < -0.4 is 10.5 Å². The van der Waals surface area contributed by atoms with E-state index < -0.39 is 11.6 Å². The SMILES string of the molecule is NCc1ccc(OCc2c(F)ccc(Br)c2F)cn1. The predicted octanol–water partition coefficient (Wildman–Crippen LogP) is 3.16. The van der Waals surface area contributed by atoms with Gasteiger partial charge in [0.1, 0.15) is 24.0 Å². The fourth-order valence-electron chi connectivity index (χ4n) is 1.47. The largest absolute Gasteiger partial charge is 0.487 e. The van der Waals surface area contributed by atoms with Crippen molar-refractivity contribution in [2.75, 3.05) is 0 Å². The van der Waals surface area contributed by atoms with E-state index in [1.807, 2.05) is 0 Å². The van der Waals surface area contributed by atoms with Crippen molar-refractivity contribution < 1.29 is 13.5 Å². The minimum atomic E-state index is -0.661. The zero-order valence-corrected chi connectivity index (χ0v) is 11.5. The molecule has 0 saturated heterocycles. The van der Waals surface area contributed by atoms with Gasteiger partial charge < -0.3 is 10.5 Å². The van der Waals surface area contributed by atoms with Crippen molar-refractivity contribution >= 4 is 15.9 Å². The van der Waals surface area contributed by atoms with Crippen LogP contribution in [0.3, 0.4) is 0 Å². The number of rotatable bonds is 4. The Balaban J connectivity index is 2.12. The van der Waals surface area contributed by atoms with E-state index in [4.69, 9.17) is 10.5 Å². The van der Waals surface area contributed by atoms with Crippen molar-refractivity contribution in [3.05, 3.63) is 57.8 Å². The molecular formula is C13H11BrF2N2O. The van der Waals surface area contributed by atoms with E-state index in [1.54, 1.807) is 12.1 Å². The number of hydrogen-bond acceptors (Lipinski definition) is 3. The number of pyridine rings is 1. The lowest BCUT2D eigenvalue weighted by Crippen LogP contribution is -2.04. The van der Waals surface area contributed by atoms with Gasteiger partial charge in [-0.05, 0) is 40.2 Å². The molecule has 0 amide bonds. The second-order valence-corrected chi connectivity index (χ2v) is 4.65. The molecule has 2 N–H and O–H groups in total. The summed E-state index contributed by atoms with van der Waals surface area (Å²) >= 11 is 3.00. The average Bonchev–Trinajstić information content (AvgIpc) is 2.44. The van der Waals surface area contributed by atoms with Crippen LogP contribution in [0.1, 0.15) is 11.3 Å². The van der Waals surface area contributed by atoms with Crippen molar-refractivity contribution in [1.29, 1.82) is 0 Å². The van der Waals surface area contributed by atoms with Crippen LogP contribution in [0.5, 0.6) is 5.75 Å². The molecule has 19 heavy (non-hydrogen) atoms. The van der Waals surface area contributed by atoms with Crippen LogP contribution >= 0.6 is 15.9 Å². The highest BCUT2D eigenvalue weighted by molar-refractivity contribution is 9.10. The van der Waals surface area contributed by atoms with E-state index in [9.17, 15) is 8.78 Å². The van der Waals surface area contributed by atoms with Crippen LogP contribution in [-0.2, 0) is 13.2 Å². The third-order valence-corrected chi connectivity index (χ3v) is 3.14. The quantitative estimate of drug-likeness (QED) is 0.877. The Kier molecular flexibility index (Phi) is 4.44. The van der Waals surface area contributed by atoms with Crippen LogP contribution in [0.4, 0.5) is 8.78 Å². The maximum atomic E-state index is 13.7. The molecular weight excluding hydrogens is 318 g/mol. The number of halogens is 3. The number of nitrogens with two attached hydrogens (primary N) is 1. The monoisotopic (exact) mass is 328 g/mol. The zero-order chi connectivity index (χ0) is 13.8. The second kappa shape index (κ2) is 6.08. The third kappa shape index (κ3) is 3.27. The first-order chi connectivity index (χ1) is 9.11. The molecule has 0 aliphatic rings. The summed E-state index contributed by atoms with van der Waals surface area (Å²) < 4.78 is 32.7. The molecule has 1 aromatic carbocycles. The molecule has 0 bridgehead atoms. The average molecular weight is 329 g/mol. The summed E-state index contributed by atoms with van der Waals surface area (Å²) in [6.45, 7) is 0.121. The zero-order valence-electron chi connectivity index (χ0n) is 9.87. The highest BCUT2D eigenvalue weighted by Crippen LogP contribution is 2.23. The maximum Gasteiger partial charge on any atom is 0.146 e. The Labute approximate surface area is 117 Å². The standard InChI is InChI=1S/C13H11BrF2N2O/c14-11-3-4-12(15)10(13(11)16)7-19-9-2-1-8(5-17)18-6-9/h1-4,6H,5,7,17H2. The van der Waals surface area contributed by atoms with Crippen LogP contribution in [0, 0.1) is 11.6 Å². The van der Waals surface area contributed by atoms with Gasteiger partial charge in [0.25, 0.3) is 0 Å². The summed E-state index contributed by atoms with van der Waals surface area (Å²) in [5, 5.41) is 0. The number of ether oxygens (including phenoxy) is 1. The van der Waals surface area contributed by atoms with Gasteiger partial charge >= 0.3 is 0 Å². The van der Waals surface area contributed by atoms with Gasteiger partial charge in [0.15, 0.2) is 0 Å². The minimum Gasteiger partial charge on any atom is -0.487 e. The molecule has 0 fully saturated rings. The first-order valence-corrected chi connectivity index (χ1v) is 6.31. The highest BCUT2D eigenvalue weighted by Gasteiger charge is 2.13. The smallest absolute Gasteiger partial charge is 0.146 e. The van der Waals surface area contributed by atoms with E-state index in [0.717, 1.165) is 0 Å². The van der Waals surface area contributed by atoms with Crippen LogP contribution in [0.2, 0.25) is 0 Å². The van der Waals surface area contributed by atoms with Crippen molar-refractivity contribution in [2.45, 2.75) is 13.2 Å². The Morgan fingerprint density at radius 3 is 2.63 bits per heavy atom. The Hall–Kier alpha value is -1.53. The molecule has 0 unspecified atom stereocenters. The predicted molar refractivity (Wildman–Crippen MR) is 70.5 cm³/mol. The van der Waals surface area contributed by atoms with Gasteiger partial charge in [0.05, 0.1) is 21.9 Å². The maximum absolute atomic E-state index is 13.7. The van der Waals surface area contributed by atoms with Crippen molar-refractivity contribution in [1.82, 2.24) is 4.98 Å². The molecule has 0 spiro atoms. The van der Waals surface area contributed by atoms with Gasteiger partial charge in [0, 0.05) is 6.54 Å². The molecule has 0 atom stereocenters. The van der Waals surface area contributed by atoms with Gasteiger partial charge in [-0.1, -0.05) is 0 Å². The topological polar surface area (TPSA) is 48.1 Å². The molecule has 100 valence electrons. The number of hydrogen-bond donors (Lipinski definition) is 1. The summed E-state index contributed by atoms with van der Waals surface area (Å²) in [5.74, 6) is -0.880. The fourth-order valence-corrected chi connectivity index (χ4v) is 1.85. The number of benzene rings is 1. The van der Waals surface area contributed by atoms with Crippen molar-refractivity contribution in [3.63, 3.8) is 0 Å². The van der Waals surface area contributed by atoms with E-state index in [2.05, 4.69) is 20.9 Å². The number of aromatic nitrogens is 1. The normalized spacial score (nSPS) is 10.5. The number of nitrogens with zero attached hydrogens (tertiary/aromatic N) is 1. The lowest BCUT2D eigenvalue weighted by molar-refractivity contribution is 0.291. The van der Waals surface area contributed by atoms with Gasteiger partial charge in [-0.15, -0.1) is 0 Å². The molecule has 0 aliphatic heterocycles. The van der Waals surface area contributed by atoms with Crippen LogP contribution in [-0.4, -0.2) is 4.98 Å². The molecule has 0 radical (unpaired) electrons. The molecule has 1 heterocycles. The summed E-state index contributed by atoms with van der Waals surface area (Å²) in [7, 11) is 0. The molecule has 0 saturated carbocycles. The van der Waals surface area contributed by atoms with Gasteiger partial charge in [0.2, 0.25) is 0 Å². The summed E-state index contributed by atoms with van der Waals surface area (Å²) in [5.41, 5.74) is 6.00. The summed E-state index contributed by atoms with van der Waals surface area (Å²) in [6.07, 6.45) is 1.47. The van der Waals surface area contributed by atoms with Gasteiger partial charge in [-0.2, -0.15) is 0 Å². The van der Waals surface area contributed by atoms with Crippen LogP contribution in [0.25, 0.3) is 0 Å². The van der Waals surface area contributed by atoms with Crippen molar-refractivity contribution in [2.24, 2.45) is 5.73 Å². The Bertz CT molecular complexity index is 576. The molecule has 2 aromatic rings. The first kappa shape index (κ1) is 13.9. The minimum absolute atomic E-state index is 0.128. The van der Waals surface area contributed by atoms with E-state index in [-0.39, 0.29) is 16.6 Å². The second-order valence-electron chi connectivity index (χ2n) is 3.80. The van der Waals surface area contributed by atoms with E-state index in [0.29, 0.717) is 18.0 Å². The molecule has 3 nitrogen and oxygen atoms in total. The first-order valence-electron chi connectivity index (χ1n) is 5.52. The summed E-state index contributed by atoms with van der Waals surface area (Å²) in [4.78, 5) is 4.03. The van der Waals surface area contributed by atoms with E-state index in [1.165, 1.54) is 18.3 Å². The highest BCUT2D eigenvalue weighted by atomic mass is 79.9.